The lowest BCUT2D eigenvalue weighted by molar-refractivity contribution is 0.0818. The van der Waals surface area contributed by atoms with Gasteiger partial charge in [-0.25, -0.2) is 4.79 Å². The largest absolute Gasteiger partial charge is 0.350 e. The third-order valence-corrected chi connectivity index (χ3v) is 6.58. The number of nitrogens with one attached hydrogen (secondary N) is 3. The zero-order chi connectivity index (χ0) is 20.0. The summed E-state index contributed by atoms with van der Waals surface area (Å²) in [6, 6.07) is 6.92. The molecule has 1 heterocycles. The number of nitrogens with zero attached hydrogens (tertiary/aromatic N) is 1. The van der Waals surface area contributed by atoms with Crippen LogP contribution in [0, 0.1) is 0 Å². The summed E-state index contributed by atoms with van der Waals surface area (Å²) in [6.45, 7) is 6.68. The van der Waals surface area contributed by atoms with Gasteiger partial charge in [0.1, 0.15) is 0 Å². The first-order valence-electron chi connectivity index (χ1n) is 10.3. The van der Waals surface area contributed by atoms with E-state index in [9.17, 15) is 9.59 Å². The van der Waals surface area contributed by atoms with Crippen LogP contribution in [0.15, 0.2) is 24.3 Å². The van der Waals surface area contributed by atoms with E-state index in [1.54, 1.807) is 12.1 Å². The maximum Gasteiger partial charge on any atom is 0.319 e. The first-order valence-corrected chi connectivity index (χ1v) is 11.4. The van der Waals surface area contributed by atoms with Gasteiger partial charge in [-0.15, -0.1) is 0 Å². The quantitative estimate of drug-likeness (QED) is 0.680. The van der Waals surface area contributed by atoms with Crippen LogP contribution >= 0.6 is 11.8 Å². The van der Waals surface area contributed by atoms with E-state index < -0.39 is 0 Å². The lowest BCUT2D eigenvalue weighted by Crippen LogP contribution is -2.56. The number of amides is 3. The van der Waals surface area contributed by atoms with E-state index in [1.807, 2.05) is 37.7 Å². The molecule has 28 heavy (non-hydrogen) atoms. The molecule has 1 aliphatic heterocycles. The van der Waals surface area contributed by atoms with Crippen LogP contribution in [0.4, 0.5) is 10.5 Å². The van der Waals surface area contributed by atoms with Crippen LogP contribution in [0.25, 0.3) is 0 Å². The molecule has 1 aromatic rings. The normalized spacial score (nSPS) is 19.4. The molecule has 2 fully saturated rings. The van der Waals surface area contributed by atoms with Gasteiger partial charge < -0.3 is 16.0 Å². The SMILES string of the molecule is CC(C)NC(=O)Nc1ccccc1C(=O)NCC1(N2CCSCC2)CCCC1. The van der Waals surface area contributed by atoms with Gasteiger partial charge in [0, 0.05) is 42.7 Å². The predicted octanol–water partition coefficient (Wildman–Crippen LogP) is 3.31. The average molecular weight is 405 g/mol. The Hall–Kier alpha value is -1.73. The highest BCUT2D eigenvalue weighted by Crippen LogP contribution is 2.36. The van der Waals surface area contributed by atoms with Crippen molar-refractivity contribution in [1.82, 2.24) is 15.5 Å². The highest BCUT2D eigenvalue weighted by atomic mass is 32.2. The van der Waals surface area contributed by atoms with Gasteiger partial charge in [0.05, 0.1) is 11.3 Å². The molecule has 7 heteroatoms. The van der Waals surface area contributed by atoms with Gasteiger partial charge >= 0.3 is 6.03 Å². The molecule has 6 nitrogen and oxygen atoms in total. The van der Waals surface area contributed by atoms with Crippen molar-refractivity contribution in [2.24, 2.45) is 0 Å². The molecule has 154 valence electrons. The van der Waals surface area contributed by atoms with Crippen molar-refractivity contribution in [1.29, 1.82) is 0 Å². The van der Waals surface area contributed by atoms with Crippen molar-refractivity contribution in [3.63, 3.8) is 0 Å². The fourth-order valence-corrected chi connectivity index (χ4v) is 5.13. The number of carbonyl (C=O) groups excluding carboxylic acids is 2. The predicted molar refractivity (Wildman–Crippen MR) is 116 cm³/mol. The van der Waals surface area contributed by atoms with Gasteiger partial charge in [0.15, 0.2) is 0 Å². The van der Waals surface area contributed by atoms with Crippen LogP contribution in [0.1, 0.15) is 49.9 Å². The number of anilines is 1. The van der Waals surface area contributed by atoms with E-state index in [-0.39, 0.29) is 23.5 Å². The first-order chi connectivity index (χ1) is 13.5. The molecule has 1 aromatic carbocycles. The molecule has 1 saturated heterocycles. The maximum atomic E-state index is 12.9. The molecule has 3 N–H and O–H groups in total. The highest BCUT2D eigenvalue weighted by Gasteiger charge is 2.40. The lowest BCUT2D eigenvalue weighted by Gasteiger charge is -2.43. The van der Waals surface area contributed by atoms with E-state index in [0.29, 0.717) is 17.8 Å². The van der Waals surface area contributed by atoms with Crippen molar-refractivity contribution in [3.8, 4) is 0 Å². The van der Waals surface area contributed by atoms with Crippen molar-refractivity contribution < 1.29 is 9.59 Å². The van der Waals surface area contributed by atoms with Gasteiger partial charge in [-0.05, 0) is 38.8 Å². The monoisotopic (exact) mass is 404 g/mol. The van der Waals surface area contributed by atoms with E-state index in [2.05, 4.69) is 20.9 Å². The van der Waals surface area contributed by atoms with Gasteiger partial charge in [0.25, 0.3) is 5.91 Å². The fraction of sp³-hybridized carbons (Fsp3) is 0.619. The first kappa shape index (κ1) is 21.0. The summed E-state index contributed by atoms with van der Waals surface area (Å²) in [4.78, 5) is 27.6. The maximum absolute atomic E-state index is 12.9. The van der Waals surface area contributed by atoms with Crippen LogP contribution in [-0.4, -0.2) is 59.6 Å². The molecule has 0 unspecified atom stereocenters. The molecular weight excluding hydrogens is 372 g/mol. The van der Waals surface area contributed by atoms with Crippen LogP contribution in [-0.2, 0) is 0 Å². The zero-order valence-corrected chi connectivity index (χ0v) is 17.7. The summed E-state index contributed by atoms with van der Waals surface area (Å²) < 4.78 is 0. The Bertz CT molecular complexity index is 683. The summed E-state index contributed by atoms with van der Waals surface area (Å²) in [5.74, 6) is 2.22. The van der Waals surface area contributed by atoms with Crippen molar-refractivity contribution in [2.75, 3.05) is 36.5 Å². The van der Waals surface area contributed by atoms with Crippen molar-refractivity contribution in [3.05, 3.63) is 29.8 Å². The van der Waals surface area contributed by atoms with Crippen LogP contribution in [0.2, 0.25) is 0 Å². The fourth-order valence-electron chi connectivity index (χ4n) is 4.23. The molecule has 2 aliphatic rings. The second-order valence-corrected chi connectivity index (χ2v) is 9.24. The topological polar surface area (TPSA) is 73.5 Å². The van der Waals surface area contributed by atoms with Gasteiger partial charge in [-0.3, -0.25) is 9.69 Å². The smallest absolute Gasteiger partial charge is 0.319 e. The molecule has 0 radical (unpaired) electrons. The van der Waals surface area contributed by atoms with Gasteiger partial charge in [-0.1, -0.05) is 25.0 Å². The van der Waals surface area contributed by atoms with E-state index in [0.717, 1.165) is 25.9 Å². The molecule has 0 spiro atoms. The average Bonchev–Trinajstić information content (AvgIpc) is 3.17. The van der Waals surface area contributed by atoms with Crippen molar-refractivity contribution in [2.45, 2.75) is 51.1 Å². The van der Waals surface area contributed by atoms with E-state index >= 15 is 0 Å². The Kier molecular flexibility index (Phi) is 7.24. The minimum Gasteiger partial charge on any atom is -0.350 e. The third-order valence-electron chi connectivity index (χ3n) is 5.63. The number of hydrogen-bond acceptors (Lipinski definition) is 4. The minimum absolute atomic E-state index is 0.0333. The molecule has 0 bridgehead atoms. The number of benzene rings is 1. The summed E-state index contributed by atoms with van der Waals surface area (Å²) in [5, 5.41) is 8.77. The molecule has 3 rings (SSSR count). The summed E-state index contributed by atoms with van der Waals surface area (Å²) in [5.41, 5.74) is 1.13. The van der Waals surface area contributed by atoms with Crippen molar-refractivity contribution >= 4 is 29.4 Å². The number of thioether (sulfide) groups is 1. The molecule has 1 aliphatic carbocycles. The Labute approximate surface area is 172 Å². The van der Waals surface area contributed by atoms with Gasteiger partial charge in [-0.2, -0.15) is 11.8 Å². The molecular formula is C21H32N4O2S. The Balaban J connectivity index is 1.66. The van der Waals surface area contributed by atoms with E-state index in [1.165, 1.54) is 24.3 Å². The molecule has 1 saturated carbocycles. The molecule has 0 aromatic heterocycles. The summed E-state index contributed by atoms with van der Waals surface area (Å²) in [7, 11) is 0. The standard InChI is InChI=1S/C21H32N4O2S/c1-16(2)23-20(27)24-18-8-4-3-7-17(18)19(26)22-15-21(9-5-6-10-21)25-11-13-28-14-12-25/h3-4,7-8,16H,5-6,9-15H2,1-2H3,(H,22,26)(H2,23,24,27). The Morgan fingerprint density at radius 1 is 1.14 bits per heavy atom. The van der Waals surface area contributed by atoms with E-state index in [4.69, 9.17) is 0 Å². The zero-order valence-electron chi connectivity index (χ0n) is 16.9. The second-order valence-electron chi connectivity index (χ2n) is 8.01. The molecule has 0 atom stereocenters. The second kappa shape index (κ2) is 9.65. The minimum atomic E-state index is -0.298. The number of urea groups is 1. The number of rotatable bonds is 6. The summed E-state index contributed by atoms with van der Waals surface area (Å²) >= 11 is 2.01. The highest BCUT2D eigenvalue weighted by molar-refractivity contribution is 7.99. The summed E-state index contributed by atoms with van der Waals surface area (Å²) in [6.07, 6.45) is 4.75. The number of para-hydroxylation sites is 1. The Morgan fingerprint density at radius 2 is 1.82 bits per heavy atom. The number of hydrogen-bond donors (Lipinski definition) is 3. The van der Waals surface area contributed by atoms with Crippen LogP contribution in [0.3, 0.4) is 0 Å². The van der Waals surface area contributed by atoms with Gasteiger partial charge in [0.2, 0.25) is 0 Å². The van der Waals surface area contributed by atoms with Crippen LogP contribution < -0.4 is 16.0 Å². The van der Waals surface area contributed by atoms with Crippen LogP contribution in [0.5, 0.6) is 0 Å². The number of carbonyl (C=O) groups is 2. The third kappa shape index (κ3) is 5.20. The Morgan fingerprint density at radius 3 is 2.50 bits per heavy atom. The lowest BCUT2D eigenvalue weighted by atomic mass is 9.94. The molecule has 3 amide bonds.